The fourth-order valence-electron chi connectivity index (χ4n) is 1.85. The summed E-state index contributed by atoms with van der Waals surface area (Å²) in [6.07, 6.45) is 0. The van der Waals surface area contributed by atoms with Crippen molar-refractivity contribution in [1.29, 1.82) is 0 Å². The number of aromatic carboxylic acids is 1. The van der Waals surface area contributed by atoms with E-state index in [-0.39, 0.29) is 17.0 Å². The molecule has 0 heterocycles. The second-order valence-electron chi connectivity index (χ2n) is 4.46. The zero-order valence-electron chi connectivity index (χ0n) is 11.1. The lowest BCUT2D eigenvalue weighted by Gasteiger charge is -2.10. The van der Waals surface area contributed by atoms with Crippen molar-refractivity contribution >= 4 is 29.2 Å². The van der Waals surface area contributed by atoms with Gasteiger partial charge in [0.25, 0.3) is 5.91 Å². The number of hydrogen-bond donors (Lipinski definition) is 3. The maximum absolute atomic E-state index is 12.1. The van der Waals surface area contributed by atoms with E-state index in [2.05, 4.69) is 5.32 Å². The highest BCUT2D eigenvalue weighted by Gasteiger charge is 2.15. The molecule has 0 unspecified atom stereocenters. The van der Waals surface area contributed by atoms with E-state index in [0.29, 0.717) is 16.1 Å². The van der Waals surface area contributed by atoms with Crippen LogP contribution in [-0.4, -0.2) is 22.1 Å². The van der Waals surface area contributed by atoms with E-state index in [1.807, 2.05) is 0 Å². The van der Waals surface area contributed by atoms with Gasteiger partial charge in [-0.25, -0.2) is 4.79 Å². The number of hydrogen-bond acceptors (Lipinski definition) is 3. The molecule has 0 aliphatic carbocycles. The fraction of sp³-hybridized carbons (Fsp3) is 0.0667. The molecule has 2 aromatic rings. The Morgan fingerprint density at radius 3 is 2.52 bits per heavy atom. The van der Waals surface area contributed by atoms with Crippen LogP contribution in [0.4, 0.5) is 5.69 Å². The van der Waals surface area contributed by atoms with Crippen LogP contribution in [0.5, 0.6) is 5.75 Å². The van der Waals surface area contributed by atoms with E-state index in [9.17, 15) is 14.7 Å². The van der Waals surface area contributed by atoms with Crippen molar-refractivity contribution in [2.24, 2.45) is 0 Å². The zero-order chi connectivity index (χ0) is 15.6. The second-order valence-corrected chi connectivity index (χ2v) is 4.90. The smallest absolute Gasteiger partial charge is 0.339 e. The predicted molar refractivity (Wildman–Crippen MR) is 79.2 cm³/mol. The first-order chi connectivity index (χ1) is 9.88. The molecule has 0 saturated carbocycles. The summed E-state index contributed by atoms with van der Waals surface area (Å²) in [6.45, 7) is 1.55. The van der Waals surface area contributed by atoms with Gasteiger partial charge in [-0.3, -0.25) is 4.79 Å². The highest BCUT2D eigenvalue weighted by molar-refractivity contribution is 6.31. The largest absolute Gasteiger partial charge is 0.507 e. The molecule has 0 radical (unpaired) electrons. The molecule has 2 aromatic carbocycles. The third kappa shape index (κ3) is 3.32. The number of rotatable bonds is 3. The molecule has 108 valence electrons. The first-order valence-corrected chi connectivity index (χ1v) is 6.40. The van der Waals surface area contributed by atoms with Gasteiger partial charge in [0.05, 0.1) is 0 Å². The molecule has 0 aromatic heterocycles. The Kier molecular flexibility index (Phi) is 4.14. The molecule has 1 amide bonds. The molecule has 0 aliphatic heterocycles. The van der Waals surface area contributed by atoms with Crippen molar-refractivity contribution in [2.75, 3.05) is 5.32 Å². The number of aromatic hydroxyl groups is 1. The van der Waals surface area contributed by atoms with Crippen LogP contribution in [-0.2, 0) is 0 Å². The number of carboxylic acids is 1. The van der Waals surface area contributed by atoms with E-state index >= 15 is 0 Å². The molecule has 5 nitrogen and oxygen atoms in total. The number of carbonyl (C=O) groups is 2. The Balaban J connectivity index is 2.32. The Labute approximate surface area is 125 Å². The van der Waals surface area contributed by atoms with Crippen molar-refractivity contribution < 1.29 is 19.8 Å². The normalized spacial score (nSPS) is 10.2. The summed E-state index contributed by atoms with van der Waals surface area (Å²) in [5.41, 5.74) is 0.727. The summed E-state index contributed by atoms with van der Waals surface area (Å²) >= 11 is 5.81. The van der Waals surface area contributed by atoms with Gasteiger partial charge in [-0.05, 0) is 42.8 Å². The van der Waals surface area contributed by atoms with E-state index in [4.69, 9.17) is 16.7 Å². The Hall–Kier alpha value is -2.53. The van der Waals surface area contributed by atoms with Crippen molar-refractivity contribution in [3.8, 4) is 5.75 Å². The van der Waals surface area contributed by atoms with Gasteiger partial charge in [-0.2, -0.15) is 0 Å². The van der Waals surface area contributed by atoms with Gasteiger partial charge in [0.15, 0.2) is 0 Å². The highest BCUT2D eigenvalue weighted by Crippen LogP contribution is 2.27. The topological polar surface area (TPSA) is 86.6 Å². The Morgan fingerprint density at radius 2 is 1.90 bits per heavy atom. The summed E-state index contributed by atoms with van der Waals surface area (Å²) in [6, 6.07) is 9.07. The number of nitrogens with one attached hydrogen (secondary N) is 1. The minimum atomic E-state index is -1.27. The first-order valence-electron chi connectivity index (χ1n) is 6.02. The van der Waals surface area contributed by atoms with Crippen LogP contribution in [0.1, 0.15) is 26.3 Å². The molecule has 0 aliphatic rings. The molecule has 0 fully saturated rings. The number of benzene rings is 2. The average Bonchev–Trinajstić information content (AvgIpc) is 2.42. The third-order valence-corrected chi connectivity index (χ3v) is 3.11. The van der Waals surface area contributed by atoms with Gasteiger partial charge in [-0.15, -0.1) is 0 Å². The number of anilines is 1. The van der Waals surface area contributed by atoms with Gasteiger partial charge in [-0.1, -0.05) is 17.7 Å². The maximum atomic E-state index is 12.1. The quantitative estimate of drug-likeness (QED) is 0.759. The molecule has 0 bridgehead atoms. The Bertz CT molecular complexity index is 728. The highest BCUT2D eigenvalue weighted by atomic mass is 35.5. The van der Waals surface area contributed by atoms with Crippen LogP contribution < -0.4 is 5.32 Å². The van der Waals surface area contributed by atoms with Crippen molar-refractivity contribution in [1.82, 2.24) is 0 Å². The third-order valence-electron chi connectivity index (χ3n) is 2.88. The number of carboxylic acid groups (broad SMARTS) is 1. The maximum Gasteiger partial charge on any atom is 0.339 e. The van der Waals surface area contributed by atoms with E-state index in [1.54, 1.807) is 25.1 Å². The van der Waals surface area contributed by atoms with E-state index in [0.717, 1.165) is 0 Å². The first kappa shape index (κ1) is 14.9. The summed E-state index contributed by atoms with van der Waals surface area (Å²) in [5, 5.41) is 21.7. The van der Waals surface area contributed by atoms with Crippen LogP contribution in [0.25, 0.3) is 0 Å². The lowest BCUT2D eigenvalue weighted by molar-refractivity contribution is 0.0693. The van der Waals surface area contributed by atoms with Crippen LogP contribution in [0, 0.1) is 6.92 Å². The van der Waals surface area contributed by atoms with Gasteiger partial charge in [0.2, 0.25) is 0 Å². The molecule has 2 rings (SSSR count). The Morgan fingerprint density at radius 1 is 1.19 bits per heavy atom. The molecular formula is C15H12ClNO4. The molecule has 0 spiro atoms. The van der Waals surface area contributed by atoms with Gasteiger partial charge in [0.1, 0.15) is 11.3 Å². The van der Waals surface area contributed by atoms with E-state index < -0.39 is 11.9 Å². The number of halogens is 1. The number of phenols is 1. The molecule has 0 atom stereocenters. The number of amides is 1. The van der Waals surface area contributed by atoms with Crippen molar-refractivity contribution in [2.45, 2.75) is 6.92 Å². The molecule has 21 heavy (non-hydrogen) atoms. The molecule has 3 N–H and O–H groups in total. The number of carbonyl (C=O) groups excluding carboxylic acids is 1. The minimum absolute atomic E-state index is 0.267. The summed E-state index contributed by atoms with van der Waals surface area (Å²) in [7, 11) is 0. The van der Waals surface area contributed by atoms with Crippen LogP contribution in [0.3, 0.4) is 0 Å². The SMILES string of the molecule is Cc1cc(NC(=O)c2cccc(Cl)c2)cc(C(=O)O)c1O. The number of aryl methyl sites for hydroxylation is 1. The lowest BCUT2D eigenvalue weighted by atomic mass is 10.1. The lowest BCUT2D eigenvalue weighted by Crippen LogP contribution is -2.12. The van der Waals surface area contributed by atoms with Crippen molar-refractivity contribution in [3.05, 3.63) is 58.1 Å². The average molecular weight is 306 g/mol. The second kappa shape index (κ2) is 5.85. The summed E-state index contributed by atoms with van der Waals surface area (Å²) in [5.74, 6) is -2.00. The van der Waals surface area contributed by atoms with Crippen LogP contribution in [0.2, 0.25) is 5.02 Å². The minimum Gasteiger partial charge on any atom is -0.507 e. The van der Waals surface area contributed by atoms with E-state index in [1.165, 1.54) is 18.2 Å². The monoisotopic (exact) mass is 305 g/mol. The van der Waals surface area contributed by atoms with Crippen molar-refractivity contribution in [3.63, 3.8) is 0 Å². The summed E-state index contributed by atoms with van der Waals surface area (Å²) < 4.78 is 0. The van der Waals surface area contributed by atoms with Crippen LogP contribution >= 0.6 is 11.6 Å². The molecular weight excluding hydrogens is 294 g/mol. The molecule has 6 heteroatoms. The molecule has 0 saturated heterocycles. The predicted octanol–water partition coefficient (Wildman–Crippen LogP) is 3.30. The van der Waals surface area contributed by atoms with Crippen LogP contribution in [0.15, 0.2) is 36.4 Å². The fourth-order valence-corrected chi connectivity index (χ4v) is 2.04. The van der Waals surface area contributed by atoms with Gasteiger partial charge in [0, 0.05) is 16.3 Å². The summed E-state index contributed by atoms with van der Waals surface area (Å²) in [4.78, 5) is 23.1. The van der Waals surface area contributed by atoms with Gasteiger partial charge >= 0.3 is 5.97 Å². The zero-order valence-corrected chi connectivity index (χ0v) is 11.8. The van der Waals surface area contributed by atoms with Gasteiger partial charge < -0.3 is 15.5 Å². The standard InChI is InChI=1S/C15H12ClNO4/c1-8-5-11(7-12(13(8)18)15(20)21)17-14(19)9-3-2-4-10(16)6-9/h2-7,18H,1H3,(H,17,19)(H,20,21).